The van der Waals surface area contributed by atoms with E-state index in [0.717, 1.165) is 5.69 Å². The highest BCUT2D eigenvalue weighted by molar-refractivity contribution is 5.94. The summed E-state index contributed by atoms with van der Waals surface area (Å²) in [7, 11) is 1.33. The van der Waals surface area contributed by atoms with Crippen molar-refractivity contribution >= 4 is 23.3 Å². The number of carbonyl (C=O) groups is 2. The van der Waals surface area contributed by atoms with Crippen molar-refractivity contribution in [2.45, 2.75) is 0 Å². The van der Waals surface area contributed by atoms with E-state index >= 15 is 0 Å². The Morgan fingerprint density at radius 2 is 1.71 bits per heavy atom. The van der Waals surface area contributed by atoms with Gasteiger partial charge in [0, 0.05) is 11.4 Å². The lowest BCUT2D eigenvalue weighted by Crippen LogP contribution is -2.21. The standard InChI is InChI=1S/C16H16N2O3/c1-21-16(20)12-6-5-9-14(10-12)17-11-15(19)18-13-7-3-2-4-8-13/h2-10,17H,11H2,1H3,(H,18,19). The van der Waals surface area contributed by atoms with E-state index in [-0.39, 0.29) is 12.5 Å². The smallest absolute Gasteiger partial charge is 0.337 e. The Bertz CT molecular complexity index is 626. The summed E-state index contributed by atoms with van der Waals surface area (Å²) in [4.78, 5) is 23.2. The van der Waals surface area contributed by atoms with Crippen molar-refractivity contribution in [1.82, 2.24) is 0 Å². The normalized spacial score (nSPS) is 9.76. The lowest BCUT2D eigenvalue weighted by Gasteiger charge is -2.08. The molecule has 0 aliphatic heterocycles. The molecule has 2 N–H and O–H groups in total. The van der Waals surface area contributed by atoms with Crippen molar-refractivity contribution in [1.29, 1.82) is 0 Å². The van der Waals surface area contributed by atoms with Gasteiger partial charge in [-0.2, -0.15) is 0 Å². The summed E-state index contributed by atoms with van der Waals surface area (Å²) in [5, 5.41) is 5.73. The summed E-state index contributed by atoms with van der Waals surface area (Å²) in [6.45, 7) is 0.111. The van der Waals surface area contributed by atoms with Crippen LogP contribution < -0.4 is 10.6 Å². The van der Waals surface area contributed by atoms with Crippen LogP contribution in [0.4, 0.5) is 11.4 Å². The maximum absolute atomic E-state index is 11.8. The summed E-state index contributed by atoms with van der Waals surface area (Å²) in [5.41, 5.74) is 1.86. The van der Waals surface area contributed by atoms with Crippen molar-refractivity contribution < 1.29 is 14.3 Å². The van der Waals surface area contributed by atoms with Gasteiger partial charge in [-0.15, -0.1) is 0 Å². The minimum absolute atomic E-state index is 0.111. The molecule has 108 valence electrons. The average molecular weight is 284 g/mol. The van der Waals surface area contributed by atoms with Crippen molar-refractivity contribution in [3.63, 3.8) is 0 Å². The molecule has 5 nitrogen and oxygen atoms in total. The molecule has 0 aliphatic rings. The molecule has 2 aromatic carbocycles. The van der Waals surface area contributed by atoms with E-state index in [4.69, 9.17) is 0 Å². The van der Waals surface area contributed by atoms with E-state index in [9.17, 15) is 9.59 Å². The molecule has 0 heterocycles. The second kappa shape index (κ2) is 7.09. The topological polar surface area (TPSA) is 67.4 Å². The third-order valence-electron chi connectivity index (χ3n) is 2.79. The molecular weight excluding hydrogens is 268 g/mol. The van der Waals surface area contributed by atoms with Gasteiger partial charge < -0.3 is 15.4 Å². The molecule has 0 radical (unpaired) electrons. The quantitative estimate of drug-likeness (QED) is 0.828. The predicted molar refractivity (Wildman–Crippen MR) is 81.3 cm³/mol. The monoisotopic (exact) mass is 284 g/mol. The number of methoxy groups -OCH3 is 1. The third kappa shape index (κ3) is 4.35. The van der Waals surface area contributed by atoms with Gasteiger partial charge in [-0.3, -0.25) is 4.79 Å². The SMILES string of the molecule is COC(=O)c1cccc(NCC(=O)Nc2ccccc2)c1. The molecule has 0 spiro atoms. The molecule has 2 rings (SSSR count). The average Bonchev–Trinajstić information content (AvgIpc) is 2.53. The first-order valence-electron chi connectivity index (χ1n) is 6.46. The van der Waals surface area contributed by atoms with Crippen molar-refractivity contribution in [3.8, 4) is 0 Å². The zero-order valence-electron chi connectivity index (χ0n) is 11.6. The van der Waals surface area contributed by atoms with Gasteiger partial charge in [0.2, 0.25) is 5.91 Å². The molecule has 0 fully saturated rings. The second-order valence-electron chi connectivity index (χ2n) is 4.34. The fraction of sp³-hybridized carbons (Fsp3) is 0.125. The Morgan fingerprint density at radius 3 is 2.43 bits per heavy atom. The Labute approximate surface area is 122 Å². The van der Waals surface area contributed by atoms with E-state index in [2.05, 4.69) is 15.4 Å². The zero-order valence-corrected chi connectivity index (χ0v) is 11.6. The zero-order chi connectivity index (χ0) is 15.1. The summed E-state index contributed by atoms with van der Waals surface area (Å²) in [6, 6.07) is 16.0. The highest BCUT2D eigenvalue weighted by Crippen LogP contribution is 2.11. The number of nitrogens with one attached hydrogen (secondary N) is 2. The van der Waals surface area contributed by atoms with E-state index in [1.165, 1.54) is 7.11 Å². The van der Waals surface area contributed by atoms with E-state index in [0.29, 0.717) is 11.3 Å². The Kier molecular flexibility index (Phi) is 4.93. The van der Waals surface area contributed by atoms with Crippen molar-refractivity contribution in [3.05, 3.63) is 60.2 Å². The maximum atomic E-state index is 11.8. The Hall–Kier alpha value is -2.82. The fourth-order valence-corrected chi connectivity index (χ4v) is 1.78. The van der Waals surface area contributed by atoms with Gasteiger partial charge in [0.25, 0.3) is 0 Å². The number of carbonyl (C=O) groups excluding carboxylic acids is 2. The van der Waals surface area contributed by atoms with Crippen LogP contribution in [0.25, 0.3) is 0 Å². The van der Waals surface area contributed by atoms with Crippen molar-refractivity contribution in [2.24, 2.45) is 0 Å². The molecule has 5 heteroatoms. The number of para-hydroxylation sites is 1. The Morgan fingerprint density at radius 1 is 1.00 bits per heavy atom. The highest BCUT2D eigenvalue weighted by Gasteiger charge is 2.06. The molecule has 0 saturated carbocycles. The molecule has 0 unspecified atom stereocenters. The largest absolute Gasteiger partial charge is 0.465 e. The van der Waals surface area contributed by atoms with Crippen LogP contribution in [-0.4, -0.2) is 25.5 Å². The van der Waals surface area contributed by atoms with Crippen LogP contribution in [0.3, 0.4) is 0 Å². The third-order valence-corrected chi connectivity index (χ3v) is 2.79. The number of ether oxygens (including phenoxy) is 1. The number of hydrogen-bond donors (Lipinski definition) is 2. The minimum atomic E-state index is -0.410. The van der Waals surface area contributed by atoms with Gasteiger partial charge in [-0.25, -0.2) is 4.79 Å². The van der Waals surface area contributed by atoms with Crippen LogP contribution >= 0.6 is 0 Å². The van der Waals surface area contributed by atoms with Gasteiger partial charge >= 0.3 is 5.97 Å². The minimum Gasteiger partial charge on any atom is -0.465 e. The molecule has 0 aliphatic carbocycles. The van der Waals surface area contributed by atoms with E-state index in [1.807, 2.05) is 30.3 Å². The maximum Gasteiger partial charge on any atom is 0.337 e. The number of amides is 1. The molecule has 0 aromatic heterocycles. The number of hydrogen-bond acceptors (Lipinski definition) is 4. The second-order valence-corrected chi connectivity index (χ2v) is 4.34. The van der Waals surface area contributed by atoms with Crippen LogP contribution in [0.1, 0.15) is 10.4 Å². The van der Waals surface area contributed by atoms with Crippen LogP contribution in [0.5, 0.6) is 0 Å². The number of benzene rings is 2. The molecular formula is C16H16N2O3. The summed E-state index contributed by atoms with van der Waals surface area (Å²) >= 11 is 0. The highest BCUT2D eigenvalue weighted by atomic mass is 16.5. The molecule has 0 atom stereocenters. The number of rotatable bonds is 5. The summed E-state index contributed by atoms with van der Waals surface area (Å²) in [5.74, 6) is -0.572. The Balaban J connectivity index is 1.91. The fourth-order valence-electron chi connectivity index (χ4n) is 1.78. The summed E-state index contributed by atoms with van der Waals surface area (Å²) in [6.07, 6.45) is 0. The van der Waals surface area contributed by atoms with Crippen LogP contribution in [0.2, 0.25) is 0 Å². The van der Waals surface area contributed by atoms with Gasteiger partial charge in [-0.1, -0.05) is 24.3 Å². The van der Waals surface area contributed by atoms with Crippen LogP contribution in [0.15, 0.2) is 54.6 Å². The van der Waals surface area contributed by atoms with Crippen molar-refractivity contribution in [2.75, 3.05) is 24.3 Å². The van der Waals surface area contributed by atoms with E-state index in [1.54, 1.807) is 24.3 Å². The molecule has 0 saturated heterocycles. The van der Waals surface area contributed by atoms with E-state index < -0.39 is 5.97 Å². The summed E-state index contributed by atoms with van der Waals surface area (Å²) < 4.78 is 4.65. The molecule has 0 bridgehead atoms. The van der Waals surface area contributed by atoms with Crippen LogP contribution in [0, 0.1) is 0 Å². The number of anilines is 2. The van der Waals surface area contributed by atoms with Gasteiger partial charge in [-0.05, 0) is 30.3 Å². The van der Waals surface area contributed by atoms with Gasteiger partial charge in [0.1, 0.15) is 0 Å². The first-order valence-corrected chi connectivity index (χ1v) is 6.46. The van der Waals surface area contributed by atoms with Crippen LogP contribution in [-0.2, 0) is 9.53 Å². The first-order chi connectivity index (χ1) is 10.2. The first kappa shape index (κ1) is 14.6. The molecule has 2 aromatic rings. The van der Waals surface area contributed by atoms with Gasteiger partial charge in [0.15, 0.2) is 0 Å². The predicted octanol–water partition coefficient (Wildman–Crippen LogP) is 2.52. The molecule has 1 amide bonds. The lowest BCUT2D eigenvalue weighted by molar-refractivity contribution is -0.114. The molecule has 21 heavy (non-hydrogen) atoms. The number of esters is 1. The lowest BCUT2D eigenvalue weighted by atomic mass is 10.2. The van der Waals surface area contributed by atoms with Gasteiger partial charge in [0.05, 0.1) is 19.2 Å².